The molecule has 0 amide bonds. The van der Waals surface area contributed by atoms with Gasteiger partial charge in [0, 0.05) is 38.4 Å². The fraction of sp³-hybridized carbons (Fsp3) is 0.632. The van der Waals surface area contributed by atoms with E-state index < -0.39 is 0 Å². The molecule has 0 aliphatic heterocycles. The van der Waals surface area contributed by atoms with Gasteiger partial charge in [-0.3, -0.25) is 10.1 Å². The third-order valence-corrected chi connectivity index (χ3v) is 4.82. The van der Waals surface area contributed by atoms with Gasteiger partial charge in [-0.15, -0.1) is 0 Å². The number of benzene rings is 1. The number of non-ortho nitro benzene ring substituents is 1. The van der Waals surface area contributed by atoms with Crippen molar-refractivity contribution in [3.05, 3.63) is 39.9 Å². The summed E-state index contributed by atoms with van der Waals surface area (Å²) in [4.78, 5) is 15.0. The van der Waals surface area contributed by atoms with Crippen LogP contribution in [0.4, 0.5) is 5.69 Å². The normalized spacial score (nSPS) is 20.6. The lowest BCUT2D eigenvalue weighted by Gasteiger charge is -2.31. The van der Waals surface area contributed by atoms with Crippen molar-refractivity contribution in [2.75, 3.05) is 20.3 Å². The van der Waals surface area contributed by atoms with Crippen LogP contribution in [0.2, 0.25) is 0 Å². The number of methoxy groups -OCH3 is 1. The van der Waals surface area contributed by atoms with E-state index in [1.165, 1.54) is 31.4 Å². The highest BCUT2D eigenvalue weighted by Crippen LogP contribution is 2.23. The zero-order valence-corrected chi connectivity index (χ0v) is 15.7. The molecule has 2 atom stereocenters. The molecule has 1 fully saturated rings. The molecule has 0 saturated heterocycles. The quantitative estimate of drug-likeness (QED) is 0.244. The summed E-state index contributed by atoms with van der Waals surface area (Å²) in [5.74, 6) is 1.44. The van der Waals surface area contributed by atoms with Crippen LogP contribution < -0.4 is 10.6 Å². The maximum atomic E-state index is 10.7. The Kier molecular flexibility index (Phi) is 8.34. The Bertz CT molecular complexity index is 589. The number of nitro groups is 1. The largest absolute Gasteiger partial charge is 0.385 e. The monoisotopic (exact) mass is 362 g/mol. The molecule has 1 saturated carbocycles. The van der Waals surface area contributed by atoms with E-state index in [0.29, 0.717) is 25.1 Å². The first kappa shape index (κ1) is 20.2. The van der Waals surface area contributed by atoms with Crippen molar-refractivity contribution in [1.82, 2.24) is 10.6 Å². The van der Waals surface area contributed by atoms with Crippen molar-refractivity contribution < 1.29 is 9.66 Å². The molecule has 2 unspecified atom stereocenters. The molecule has 2 rings (SSSR count). The molecule has 144 valence electrons. The van der Waals surface area contributed by atoms with Crippen molar-refractivity contribution in [3.63, 3.8) is 0 Å². The zero-order valence-electron chi connectivity index (χ0n) is 15.7. The Balaban J connectivity index is 1.98. The molecule has 0 spiro atoms. The first-order valence-corrected chi connectivity index (χ1v) is 9.37. The predicted octanol–water partition coefficient (Wildman–Crippen LogP) is 3.25. The van der Waals surface area contributed by atoms with E-state index in [1.54, 1.807) is 19.2 Å². The molecule has 1 aromatic rings. The van der Waals surface area contributed by atoms with Crippen molar-refractivity contribution in [1.29, 1.82) is 0 Å². The molecule has 2 N–H and O–H groups in total. The highest BCUT2D eigenvalue weighted by Gasteiger charge is 2.22. The Morgan fingerprint density at radius 1 is 1.31 bits per heavy atom. The lowest BCUT2D eigenvalue weighted by molar-refractivity contribution is -0.384. The molecule has 1 aliphatic carbocycles. The Labute approximate surface area is 155 Å². The predicted molar refractivity (Wildman–Crippen MR) is 103 cm³/mol. The lowest BCUT2D eigenvalue weighted by Crippen LogP contribution is -2.47. The summed E-state index contributed by atoms with van der Waals surface area (Å²) in [6.07, 6.45) is 5.88. The van der Waals surface area contributed by atoms with Gasteiger partial charge in [0.15, 0.2) is 5.96 Å². The number of hydrogen-bond donors (Lipinski definition) is 2. The third-order valence-electron chi connectivity index (χ3n) is 4.82. The van der Waals surface area contributed by atoms with E-state index in [1.807, 2.05) is 0 Å². The van der Waals surface area contributed by atoms with Crippen molar-refractivity contribution >= 4 is 11.6 Å². The summed E-state index contributed by atoms with van der Waals surface area (Å²) in [7, 11) is 1.70. The van der Waals surface area contributed by atoms with Crippen LogP contribution in [0.25, 0.3) is 0 Å². The molecular weight excluding hydrogens is 332 g/mol. The third kappa shape index (κ3) is 6.63. The van der Waals surface area contributed by atoms with E-state index in [4.69, 9.17) is 4.74 Å². The van der Waals surface area contributed by atoms with Crippen LogP contribution in [0.5, 0.6) is 0 Å². The highest BCUT2D eigenvalue weighted by molar-refractivity contribution is 5.80. The van der Waals surface area contributed by atoms with Crippen LogP contribution >= 0.6 is 0 Å². The second kappa shape index (κ2) is 10.8. The Hall–Kier alpha value is -2.15. The average Bonchev–Trinajstić information content (AvgIpc) is 2.65. The van der Waals surface area contributed by atoms with Crippen LogP contribution in [-0.4, -0.2) is 37.2 Å². The SMILES string of the molecule is COCCCNC(=NCc1ccc([N+](=O)[O-])cc1)NC1CCCCC1C. The molecule has 1 aromatic carbocycles. The summed E-state index contributed by atoms with van der Waals surface area (Å²) in [5.41, 5.74) is 1.05. The summed E-state index contributed by atoms with van der Waals surface area (Å²) in [6.45, 7) is 4.28. The zero-order chi connectivity index (χ0) is 18.8. The van der Waals surface area contributed by atoms with Crippen LogP contribution in [0.15, 0.2) is 29.3 Å². The summed E-state index contributed by atoms with van der Waals surface area (Å²) < 4.78 is 5.10. The second-order valence-electron chi connectivity index (χ2n) is 6.87. The maximum absolute atomic E-state index is 10.7. The van der Waals surface area contributed by atoms with Gasteiger partial charge in [-0.2, -0.15) is 0 Å². The molecule has 0 radical (unpaired) electrons. The molecule has 0 heterocycles. The number of nitrogens with zero attached hydrogens (tertiary/aromatic N) is 2. The summed E-state index contributed by atoms with van der Waals surface area (Å²) >= 11 is 0. The van der Waals surface area contributed by atoms with E-state index >= 15 is 0 Å². The van der Waals surface area contributed by atoms with Gasteiger partial charge < -0.3 is 15.4 Å². The van der Waals surface area contributed by atoms with Crippen molar-refractivity contribution in [3.8, 4) is 0 Å². The molecule has 1 aliphatic rings. The first-order chi connectivity index (χ1) is 12.6. The van der Waals surface area contributed by atoms with Crippen LogP contribution in [0.3, 0.4) is 0 Å². The van der Waals surface area contributed by atoms with Crippen LogP contribution in [0, 0.1) is 16.0 Å². The standard InChI is InChI=1S/C19H30N4O3/c1-15-6-3-4-7-18(15)22-19(20-12-5-13-26-2)21-14-16-8-10-17(11-9-16)23(24)25/h8-11,15,18H,3-7,12-14H2,1-2H3,(H2,20,21,22). The van der Waals surface area contributed by atoms with Gasteiger partial charge in [-0.05, 0) is 30.7 Å². The molecular formula is C19H30N4O3. The number of ether oxygens (including phenoxy) is 1. The number of hydrogen-bond acceptors (Lipinski definition) is 4. The lowest BCUT2D eigenvalue weighted by atomic mass is 9.86. The van der Waals surface area contributed by atoms with Crippen LogP contribution in [0.1, 0.15) is 44.6 Å². The second-order valence-corrected chi connectivity index (χ2v) is 6.87. The smallest absolute Gasteiger partial charge is 0.269 e. The van der Waals surface area contributed by atoms with Crippen molar-refractivity contribution in [2.45, 2.75) is 51.6 Å². The maximum Gasteiger partial charge on any atom is 0.269 e. The topological polar surface area (TPSA) is 88.8 Å². The highest BCUT2D eigenvalue weighted by atomic mass is 16.6. The molecule has 0 bridgehead atoms. The summed E-state index contributed by atoms with van der Waals surface area (Å²) in [6, 6.07) is 7.00. The van der Waals surface area contributed by atoms with E-state index in [2.05, 4.69) is 22.5 Å². The van der Waals surface area contributed by atoms with E-state index in [-0.39, 0.29) is 10.6 Å². The van der Waals surface area contributed by atoms with Gasteiger partial charge in [-0.25, -0.2) is 4.99 Å². The minimum absolute atomic E-state index is 0.102. The van der Waals surface area contributed by atoms with Gasteiger partial charge in [0.25, 0.3) is 5.69 Å². The van der Waals surface area contributed by atoms with Gasteiger partial charge >= 0.3 is 0 Å². The molecule has 7 heteroatoms. The number of aliphatic imine (C=N–C) groups is 1. The number of nitro benzene ring substituents is 1. The van der Waals surface area contributed by atoms with Crippen molar-refractivity contribution in [2.24, 2.45) is 10.9 Å². The summed E-state index contributed by atoms with van der Waals surface area (Å²) in [5, 5.41) is 17.7. The van der Waals surface area contributed by atoms with Gasteiger partial charge in [-0.1, -0.05) is 31.9 Å². The molecule has 7 nitrogen and oxygen atoms in total. The number of rotatable bonds is 8. The van der Waals surface area contributed by atoms with Gasteiger partial charge in [0.2, 0.25) is 0 Å². The first-order valence-electron chi connectivity index (χ1n) is 9.37. The molecule has 26 heavy (non-hydrogen) atoms. The Morgan fingerprint density at radius 2 is 2.04 bits per heavy atom. The van der Waals surface area contributed by atoms with Gasteiger partial charge in [0.1, 0.15) is 0 Å². The number of nitrogens with one attached hydrogen (secondary N) is 2. The van der Waals surface area contributed by atoms with Gasteiger partial charge in [0.05, 0.1) is 11.5 Å². The van der Waals surface area contributed by atoms with E-state index in [9.17, 15) is 10.1 Å². The minimum atomic E-state index is -0.387. The Morgan fingerprint density at radius 3 is 2.69 bits per heavy atom. The fourth-order valence-electron chi connectivity index (χ4n) is 3.18. The molecule has 0 aromatic heterocycles. The minimum Gasteiger partial charge on any atom is -0.385 e. The average molecular weight is 362 g/mol. The number of guanidine groups is 1. The van der Waals surface area contributed by atoms with E-state index in [0.717, 1.165) is 30.9 Å². The van der Waals surface area contributed by atoms with Crippen LogP contribution in [-0.2, 0) is 11.3 Å². The fourth-order valence-corrected chi connectivity index (χ4v) is 3.18.